The first kappa shape index (κ1) is 12.6. The molecule has 1 aliphatic rings. The molecule has 2 aromatic heterocycles. The van der Waals surface area contributed by atoms with Crippen molar-refractivity contribution in [3.05, 3.63) is 23.8 Å². The molecule has 0 unspecified atom stereocenters. The van der Waals surface area contributed by atoms with Gasteiger partial charge in [-0.3, -0.25) is 4.68 Å². The Kier molecular flexibility index (Phi) is 3.48. The van der Waals surface area contributed by atoms with E-state index in [1.165, 1.54) is 11.5 Å². The van der Waals surface area contributed by atoms with Crippen molar-refractivity contribution in [2.45, 2.75) is 31.9 Å². The Bertz CT molecular complexity index is 552. The van der Waals surface area contributed by atoms with Crippen molar-refractivity contribution in [2.24, 2.45) is 7.05 Å². The molecule has 1 aliphatic heterocycles. The number of hydrogen-bond acceptors (Lipinski definition) is 6. The van der Waals surface area contributed by atoms with E-state index >= 15 is 0 Å². The Morgan fingerprint density at radius 1 is 1.58 bits per heavy atom. The summed E-state index contributed by atoms with van der Waals surface area (Å²) in [5.74, 6) is 0.893. The van der Waals surface area contributed by atoms with Gasteiger partial charge in [-0.05, 0) is 6.42 Å². The lowest BCUT2D eigenvalue weighted by Crippen LogP contribution is -2.22. The van der Waals surface area contributed by atoms with Gasteiger partial charge in [0.05, 0.1) is 12.2 Å². The van der Waals surface area contributed by atoms with Crippen LogP contribution in [0.5, 0.6) is 0 Å². The summed E-state index contributed by atoms with van der Waals surface area (Å²) in [6.07, 6.45) is 5.75. The Hall–Kier alpha value is -1.47. The second-order valence-electron chi connectivity index (χ2n) is 4.65. The Labute approximate surface area is 116 Å². The molecular weight excluding hydrogens is 262 g/mol. The summed E-state index contributed by atoms with van der Waals surface area (Å²) < 4.78 is 11.9. The Morgan fingerprint density at radius 3 is 3.16 bits per heavy atom. The topological polar surface area (TPSA) is 64.9 Å². The minimum absolute atomic E-state index is 0.0441. The Balaban J connectivity index is 1.72. The van der Waals surface area contributed by atoms with E-state index < -0.39 is 0 Å². The molecule has 1 saturated heterocycles. The van der Waals surface area contributed by atoms with Crippen LogP contribution in [0.25, 0.3) is 0 Å². The first-order valence-electron chi connectivity index (χ1n) is 6.45. The molecule has 7 heteroatoms. The number of nitrogens with zero attached hydrogens (tertiary/aromatic N) is 4. The second-order valence-corrected chi connectivity index (χ2v) is 5.40. The lowest BCUT2D eigenvalue weighted by molar-refractivity contribution is 0.107. The van der Waals surface area contributed by atoms with Gasteiger partial charge in [-0.2, -0.15) is 9.47 Å². The maximum atomic E-state index is 5.81. The quantitative estimate of drug-likeness (QED) is 0.924. The fourth-order valence-electron chi connectivity index (χ4n) is 2.27. The van der Waals surface area contributed by atoms with Crippen LogP contribution in [-0.2, 0) is 18.2 Å². The van der Waals surface area contributed by atoms with E-state index in [-0.39, 0.29) is 12.1 Å². The zero-order valence-electron chi connectivity index (χ0n) is 11.0. The highest BCUT2D eigenvalue weighted by Gasteiger charge is 2.31. The zero-order chi connectivity index (χ0) is 13.2. The van der Waals surface area contributed by atoms with Crippen molar-refractivity contribution in [2.75, 3.05) is 11.9 Å². The maximum absolute atomic E-state index is 5.81. The van der Waals surface area contributed by atoms with Gasteiger partial charge in [0.2, 0.25) is 5.13 Å². The molecule has 0 aliphatic carbocycles. The molecule has 0 bridgehead atoms. The number of aryl methyl sites for hydroxylation is 2. The van der Waals surface area contributed by atoms with Crippen LogP contribution in [0, 0.1) is 0 Å². The van der Waals surface area contributed by atoms with Crippen LogP contribution in [0.2, 0.25) is 0 Å². The van der Waals surface area contributed by atoms with Crippen LogP contribution in [0.4, 0.5) is 5.13 Å². The second kappa shape index (κ2) is 5.26. The van der Waals surface area contributed by atoms with Crippen molar-refractivity contribution in [1.82, 2.24) is 19.1 Å². The third-order valence-corrected chi connectivity index (χ3v) is 3.92. The van der Waals surface area contributed by atoms with E-state index in [1.807, 2.05) is 19.4 Å². The first-order valence-corrected chi connectivity index (χ1v) is 7.23. The third-order valence-electron chi connectivity index (χ3n) is 3.24. The van der Waals surface area contributed by atoms with Gasteiger partial charge in [0.1, 0.15) is 11.9 Å². The molecule has 19 heavy (non-hydrogen) atoms. The predicted octanol–water partition coefficient (Wildman–Crippen LogP) is 1.78. The van der Waals surface area contributed by atoms with E-state index in [0.29, 0.717) is 0 Å². The van der Waals surface area contributed by atoms with Gasteiger partial charge >= 0.3 is 0 Å². The van der Waals surface area contributed by atoms with Crippen LogP contribution >= 0.6 is 11.5 Å². The molecule has 2 atom stereocenters. The van der Waals surface area contributed by atoms with Gasteiger partial charge in [-0.1, -0.05) is 6.92 Å². The highest BCUT2D eigenvalue weighted by Crippen LogP contribution is 2.31. The normalized spacial score (nSPS) is 22.8. The maximum Gasteiger partial charge on any atom is 0.202 e. The van der Waals surface area contributed by atoms with Crippen molar-refractivity contribution in [3.63, 3.8) is 0 Å². The number of hydrogen-bond donors (Lipinski definition) is 1. The third kappa shape index (κ3) is 2.62. The van der Waals surface area contributed by atoms with Gasteiger partial charge < -0.3 is 10.1 Å². The minimum Gasteiger partial charge on any atom is -0.371 e. The van der Waals surface area contributed by atoms with Crippen molar-refractivity contribution in [1.29, 1.82) is 0 Å². The summed E-state index contributed by atoms with van der Waals surface area (Å²) in [6.45, 7) is 2.82. The molecule has 0 aromatic carbocycles. The van der Waals surface area contributed by atoms with Crippen molar-refractivity contribution in [3.8, 4) is 0 Å². The van der Waals surface area contributed by atoms with Crippen LogP contribution in [0.15, 0.2) is 12.4 Å². The molecule has 3 heterocycles. The fourth-order valence-corrected chi connectivity index (χ4v) is 2.98. The number of nitrogens with one attached hydrogen (secondary N) is 1. The number of aromatic nitrogens is 4. The van der Waals surface area contributed by atoms with E-state index in [0.717, 1.165) is 36.0 Å². The lowest BCUT2D eigenvalue weighted by Gasteiger charge is -2.17. The van der Waals surface area contributed by atoms with E-state index in [9.17, 15) is 0 Å². The average molecular weight is 279 g/mol. The van der Waals surface area contributed by atoms with E-state index in [2.05, 4.69) is 26.7 Å². The summed E-state index contributed by atoms with van der Waals surface area (Å²) in [7, 11) is 1.92. The van der Waals surface area contributed by atoms with Gasteiger partial charge in [-0.25, -0.2) is 4.98 Å². The Morgan fingerprint density at radius 2 is 2.47 bits per heavy atom. The minimum atomic E-state index is 0.0441. The van der Waals surface area contributed by atoms with Crippen molar-refractivity contribution < 1.29 is 4.74 Å². The highest BCUT2D eigenvalue weighted by atomic mass is 32.1. The fraction of sp³-hybridized carbons (Fsp3) is 0.583. The zero-order valence-corrected chi connectivity index (χ0v) is 11.9. The molecule has 1 N–H and O–H groups in total. The van der Waals surface area contributed by atoms with Crippen LogP contribution in [-0.4, -0.2) is 31.8 Å². The average Bonchev–Trinajstić information content (AvgIpc) is 3.10. The van der Waals surface area contributed by atoms with Crippen LogP contribution in [0.1, 0.15) is 30.8 Å². The van der Waals surface area contributed by atoms with Gasteiger partial charge in [0, 0.05) is 43.4 Å². The number of ether oxygens (including phenoxy) is 1. The molecule has 0 radical (unpaired) electrons. The van der Waals surface area contributed by atoms with Gasteiger partial charge in [-0.15, -0.1) is 0 Å². The smallest absolute Gasteiger partial charge is 0.202 e. The molecule has 102 valence electrons. The summed E-state index contributed by atoms with van der Waals surface area (Å²) in [5.41, 5.74) is 1.11. The first-order chi connectivity index (χ1) is 9.26. The molecule has 0 saturated carbocycles. The standard InChI is InChI=1S/C12H17N5OS/c1-3-10-15-12(19-16-10)14-9-4-5-18-11(9)8-6-13-17(2)7-8/h6-7,9,11H,3-5H2,1-2H3,(H,14,15,16)/t9-,11+/m1/s1. The summed E-state index contributed by atoms with van der Waals surface area (Å²) in [4.78, 5) is 4.45. The summed E-state index contributed by atoms with van der Waals surface area (Å²) >= 11 is 1.41. The van der Waals surface area contributed by atoms with E-state index in [4.69, 9.17) is 4.74 Å². The predicted molar refractivity (Wildman–Crippen MR) is 73.2 cm³/mol. The molecule has 0 spiro atoms. The van der Waals surface area contributed by atoms with Crippen LogP contribution in [0.3, 0.4) is 0 Å². The molecule has 0 amide bonds. The lowest BCUT2D eigenvalue weighted by atomic mass is 10.1. The SMILES string of the molecule is CCc1nsc(N[C@@H]2CCO[C@H]2c2cnn(C)c2)n1. The monoisotopic (exact) mass is 279 g/mol. The number of rotatable bonds is 4. The summed E-state index contributed by atoms with van der Waals surface area (Å²) in [5, 5.41) is 8.52. The molecule has 3 rings (SSSR count). The van der Waals surface area contributed by atoms with Crippen LogP contribution < -0.4 is 5.32 Å². The molecular formula is C12H17N5OS. The molecule has 6 nitrogen and oxygen atoms in total. The largest absolute Gasteiger partial charge is 0.371 e. The van der Waals surface area contributed by atoms with Crippen molar-refractivity contribution >= 4 is 16.7 Å². The number of anilines is 1. The van der Waals surface area contributed by atoms with Gasteiger partial charge in [0.15, 0.2) is 0 Å². The molecule has 1 fully saturated rings. The highest BCUT2D eigenvalue weighted by molar-refractivity contribution is 7.09. The molecule has 2 aromatic rings. The van der Waals surface area contributed by atoms with E-state index in [1.54, 1.807) is 4.68 Å². The summed E-state index contributed by atoms with van der Waals surface area (Å²) in [6, 6.07) is 0.238. The van der Waals surface area contributed by atoms with Gasteiger partial charge in [0.25, 0.3) is 0 Å².